The first-order valence-corrected chi connectivity index (χ1v) is 10.9. The highest BCUT2D eigenvalue weighted by atomic mass is 32.2. The first-order valence-electron chi connectivity index (χ1n) is 8.95. The van der Waals surface area contributed by atoms with Crippen LogP contribution in [0.5, 0.6) is 0 Å². The van der Waals surface area contributed by atoms with E-state index in [1.807, 2.05) is 20.0 Å². The van der Waals surface area contributed by atoms with Crippen molar-refractivity contribution >= 4 is 40.0 Å². The second kappa shape index (κ2) is 8.51. The predicted molar refractivity (Wildman–Crippen MR) is 103 cm³/mol. The molecule has 3 heterocycles. The monoisotopic (exact) mass is 382 g/mol. The second-order valence-electron chi connectivity index (χ2n) is 6.71. The highest BCUT2D eigenvalue weighted by Gasteiger charge is 2.36. The molecule has 0 aliphatic carbocycles. The molecule has 1 aromatic heterocycles. The van der Waals surface area contributed by atoms with Crippen molar-refractivity contribution in [1.29, 1.82) is 0 Å². The summed E-state index contributed by atoms with van der Waals surface area (Å²) in [7, 11) is 0. The Labute approximate surface area is 157 Å². The lowest BCUT2D eigenvalue weighted by molar-refractivity contribution is -0.139. The van der Waals surface area contributed by atoms with Crippen LogP contribution < -0.4 is 10.6 Å². The third-order valence-corrected chi connectivity index (χ3v) is 7.08. The van der Waals surface area contributed by atoms with Gasteiger partial charge in [0.15, 0.2) is 5.13 Å². The van der Waals surface area contributed by atoms with Crippen LogP contribution in [0.2, 0.25) is 0 Å². The molecule has 2 fully saturated rings. The Kier molecular flexibility index (Phi) is 6.35. The van der Waals surface area contributed by atoms with E-state index in [1.54, 1.807) is 28.0 Å². The number of piperidine rings is 1. The van der Waals surface area contributed by atoms with Crippen molar-refractivity contribution in [3.8, 4) is 0 Å². The minimum absolute atomic E-state index is 0.0413. The molecule has 2 unspecified atom stereocenters. The quantitative estimate of drug-likeness (QED) is 0.818. The second-order valence-corrected chi connectivity index (χ2v) is 8.78. The molecule has 0 saturated carbocycles. The van der Waals surface area contributed by atoms with E-state index in [2.05, 4.69) is 15.6 Å². The number of nitrogens with zero attached hydrogens (tertiary/aromatic N) is 2. The van der Waals surface area contributed by atoms with Crippen molar-refractivity contribution in [3.63, 3.8) is 0 Å². The van der Waals surface area contributed by atoms with Crippen LogP contribution in [-0.2, 0) is 9.59 Å². The van der Waals surface area contributed by atoms with Crippen LogP contribution in [0.15, 0.2) is 6.20 Å². The fourth-order valence-electron chi connectivity index (χ4n) is 3.16. The summed E-state index contributed by atoms with van der Waals surface area (Å²) in [6.07, 6.45) is 4.92. The van der Waals surface area contributed by atoms with Gasteiger partial charge < -0.3 is 15.5 Å². The molecule has 138 valence electrons. The van der Waals surface area contributed by atoms with Gasteiger partial charge in [0, 0.05) is 22.7 Å². The largest absolute Gasteiger partial charge is 0.320 e. The lowest BCUT2D eigenvalue weighted by Crippen LogP contribution is -2.46. The molecule has 25 heavy (non-hydrogen) atoms. The van der Waals surface area contributed by atoms with E-state index in [0.29, 0.717) is 22.7 Å². The molecule has 2 amide bonds. The number of hydrogen-bond donors (Lipinski definition) is 2. The van der Waals surface area contributed by atoms with Gasteiger partial charge in [-0.05, 0) is 38.3 Å². The maximum atomic E-state index is 12.7. The van der Waals surface area contributed by atoms with E-state index in [4.69, 9.17) is 0 Å². The number of rotatable bonds is 5. The van der Waals surface area contributed by atoms with Crippen LogP contribution in [0.25, 0.3) is 0 Å². The third kappa shape index (κ3) is 4.35. The van der Waals surface area contributed by atoms with Gasteiger partial charge in [0.2, 0.25) is 11.8 Å². The lowest BCUT2D eigenvalue weighted by atomic mass is 9.97. The normalized spacial score (nSPS) is 22.8. The van der Waals surface area contributed by atoms with Crippen LogP contribution in [-0.4, -0.2) is 52.5 Å². The minimum Gasteiger partial charge on any atom is -0.320 e. The highest BCUT2D eigenvalue weighted by Crippen LogP contribution is 2.32. The van der Waals surface area contributed by atoms with Crippen molar-refractivity contribution in [2.24, 2.45) is 5.92 Å². The molecule has 8 heteroatoms. The van der Waals surface area contributed by atoms with E-state index in [0.717, 1.165) is 32.4 Å². The van der Waals surface area contributed by atoms with E-state index >= 15 is 0 Å². The zero-order valence-corrected chi connectivity index (χ0v) is 16.4. The summed E-state index contributed by atoms with van der Waals surface area (Å²) >= 11 is 3.20. The Bertz CT molecular complexity index is 616. The Hall–Kier alpha value is -1.12. The molecule has 2 atom stereocenters. The number of anilines is 1. The molecule has 2 N–H and O–H groups in total. The molecule has 2 aliphatic rings. The van der Waals surface area contributed by atoms with Gasteiger partial charge in [0.1, 0.15) is 6.04 Å². The van der Waals surface area contributed by atoms with E-state index < -0.39 is 6.04 Å². The highest BCUT2D eigenvalue weighted by molar-refractivity contribution is 7.99. The van der Waals surface area contributed by atoms with Gasteiger partial charge in [0.05, 0.1) is 5.88 Å². The summed E-state index contributed by atoms with van der Waals surface area (Å²) in [6, 6.07) is -0.391. The Morgan fingerprint density at radius 1 is 1.44 bits per heavy atom. The molecule has 0 bridgehead atoms. The van der Waals surface area contributed by atoms with Gasteiger partial charge in [-0.15, -0.1) is 23.1 Å². The van der Waals surface area contributed by atoms with Crippen LogP contribution in [0, 0.1) is 5.92 Å². The Morgan fingerprint density at radius 2 is 2.20 bits per heavy atom. The van der Waals surface area contributed by atoms with Crippen molar-refractivity contribution in [3.05, 3.63) is 11.1 Å². The lowest BCUT2D eigenvalue weighted by Gasteiger charge is -2.25. The molecule has 0 spiro atoms. The number of carbonyl (C=O) groups excluding carboxylic acids is 2. The zero-order valence-electron chi connectivity index (χ0n) is 14.8. The molecule has 2 saturated heterocycles. The van der Waals surface area contributed by atoms with Crippen LogP contribution >= 0.6 is 23.1 Å². The minimum atomic E-state index is -0.391. The van der Waals surface area contributed by atoms with Gasteiger partial charge in [-0.25, -0.2) is 4.98 Å². The van der Waals surface area contributed by atoms with Crippen molar-refractivity contribution < 1.29 is 9.59 Å². The summed E-state index contributed by atoms with van der Waals surface area (Å²) in [5.41, 5.74) is 0. The molecule has 1 aromatic rings. The maximum Gasteiger partial charge on any atom is 0.249 e. The molecule has 6 nitrogen and oxygen atoms in total. The summed E-state index contributed by atoms with van der Waals surface area (Å²) in [4.78, 5) is 32.5. The van der Waals surface area contributed by atoms with Crippen molar-refractivity contribution in [1.82, 2.24) is 15.2 Å². The Morgan fingerprint density at radius 3 is 2.92 bits per heavy atom. The molecule has 0 aromatic carbocycles. The standard InChI is InChI=1S/C17H26N4O2S2/c1-3-11(2)16(23)21-10-24-9-13(21)15(22)20-17-19-8-14(25-17)12-4-6-18-7-5-12/h8,11-13,18H,3-7,9-10H2,1-2H3,(H,19,20,22). The summed E-state index contributed by atoms with van der Waals surface area (Å²) in [6.45, 7) is 6.00. The molecular weight excluding hydrogens is 356 g/mol. The maximum absolute atomic E-state index is 12.7. The van der Waals surface area contributed by atoms with Gasteiger partial charge >= 0.3 is 0 Å². The van der Waals surface area contributed by atoms with E-state index in [9.17, 15) is 9.59 Å². The topological polar surface area (TPSA) is 74.3 Å². The van der Waals surface area contributed by atoms with Gasteiger partial charge in [-0.3, -0.25) is 9.59 Å². The number of nitrogens with one attached hydrogen (secondary N) is 2. The molecule has 3 rings (SSSR count). The first kappa shape index (κ1) is 18.7. The fraction of sp³-hybridized carbons (Fsp3) is 0.706. The number of hydrogen-bond acceptors (Lipinski definition) is 6. The van der Waals surface area contributed by atoms with Crippen molar-refractivity contribution in [2.45, 2.75) is 45.1 Å². The van der Waals surface area contributed by atoms with Crippen molar-refractivity contribution in [2.75, 3.05) is 30.0 Å². The predicted octanol–water partition coefficient (Wildman–Crippen LogP) is 2.50. The average Bonchev–Trinajstić information content (AvgIpc) is 3.30. The fourth-order valence-corrected chi connectivity index (χ4v) is 5.31. The summed E-state index contributed by atoms with van der Waals surface area (Å²) in [5.74, 6) is 1.70. The number of aromatic nitrogens is 1. The molecule has 0 radical (unpaired) electrons. The van der Waals surface area contributed by atoms with E-state index in [-0.39, 0.29) is 17.7 Å². The molecular formula is C17H26N4O2S2. The number of thioether (sulfide) groups is 1. The number of carbonyl (C=O) groups is 2. The SMILES string of the molecule is CCC(C)C(=O)N1CSCC1C(=O)Nc1ncc(C2CCNCC2)s1. The zero-order chi connectivity index (χ0) is 17.8. The smallest absolute Gasteiger partial charge is 0.249 e. The van der Waals surface area contributed by atoms with Crippen LogP contribution in [0.1, 0.15) is 43.9 Å². The van der Waals surface area contributed by atoms with Gasteiger partial charge in [0.25, 0.3) is 0 Å². The van der Waals surface area contributed by atoms with Gasteiger partial charge in [-0.2, -0.15) is 0 Å². The third-order valence-electron chi connectivity index (χ3n) is 5.00. The van der Waals surface area contributed by atoms with E-state index in [1.165, 1.54) is 4.88 Å². The van der Waals surface area contributed by atoms with Crippen LogP contribution in [0.4, 0.5) is 5.13 Å². The first-order chi connectivity index (χ1) is 12.1. The summed E-state index contributed by atoms with van der Waals surface area (Å²) in [5, 5.41) is 6.94. The number of thiazole rings is 1. The average molecular weight is 383 g/mol. The summed E-state index contributed by atoms with van der Waals surface area (Å²) < 4.78 is 0. The van der Waals surface area contributed by atoms with Crippen LogP contribution in [0.3, 0.4) is 0 Å². The molecule has 2 aliphatic heterocycles. The number of amides is 2. The van der Waals surface area contributed by atoms with Gasteiger partial charge in [-0.1, -0.05) is 13.8 Å². The Balaban J connectivity index is 1.61.